The SMILES string of the molecule is O=C(O)[C@H](CSCc1ccccc1)N1CCCC1=O. The van der Waals surface area contributed by atoms with Crippen molar-refractivity contribution in [3.8, 4) is 0 Å². The molecule has 1 aromatic rings. The highest BCUT2D eigenvalue weighted by Crippen LogP contribution is 2.19. The van der Waals surface area contributed by atoms with Gasteiger partial charge in [0, 0.05) is 24.5 Å². The number of nitrogens with zero attached hydrogens (tertiary/aromatic N) is 1. The molecule has 0 unspecified atom stereocenters. The van der Waals surface area contributed by atoms with Crippen LogP contribution in [0.3, 0.4) is 0 Å². The molecule has 1 aliphatic heterocycles. The Labute approximate surface area is 116 Å². The summed E-state index contributed by atoms with van der Waals surface area (Å²) in [6, 6.07) is 9.23. The van der Waals surface area contributed by atoms with Crippen LogP contribution in [0.5, 0.6) is 0 Å². The number of likely N-dealkylation sites (tertiary alicyclic amines) is 1. The molecule has 0 bridgehead atoms. The average Bonchev–Trinajstić information content (AvgIpc) is 2.82. The first-order chi connectivity index (χ1) is 9.18. The number of thioether (sulfide) groups is 1. The van der Waals surface area contributed by atoms with E-state index >= 15 is 0 Å². The Bertz CT molecular complexity index is 449. The van der Waals surface area contributed by atoms with E-state index in [0.29, 0.717) is 18.7 Å². The Hall–Kier alpha value is -1.49. The van der Waals surface area contributed by atoms with Gasteiger partial charge in [0.15, 0.2) is 0 Å². The quantitative estimate of drug-likeness (QED) is 0.865. The van der Waals surface area contributed by atoms with Crippen LogP contribution in [-0.2, 0) is 15.3 Å². The van der Waals surface area contributed by atoms with Gasteiger partial charge in [0.1, 0.15) is 6.04 Å². The van der Waals surface area contributed by atoms with Crippen LogP contribution in [0.1, 0.15) is 18.4 Å². The van der Waals surface area contributed by atoms with Crippen molar-refractivity contribution in [3.05, 3.63) is 35.9 Å². The molecule has 1 saturated heterocycles. The smallest absolute Gasteiger partial charge is 0.327 e. The number of hydrogen-bond acceptors (Lipinski definition) is 3. The van der Waals surface area contributed by atoms with E-state index in [0.717, 1.165) is 12.2 Å². The van der Waals surface area contributed by atoms with Gasteiger partial charge in [-0.1, -0.05) is 30.3 Å². The second kappa shape index (κ2) is 6.61. The van der Waals surface area contributed by atoms with Gasteiger partial charge in [0.25, 0.3) is 0 Å². The molecule has 0 spiro atoms. The van der Waals surface area contributed by atoms with Gasteiger partial charge in [0.05, 0.1) is 0 Å². The normalized spacial score (nSPS) is 16.6. The number of benzene rings is 1. The largest absolute Gasteiger partial charge is 0.480 e. The van der Waals surface area contributed by atoms with Crippen LogP contribution < -0.4 is 0 Å². The van der Waals surface area contributed by atoms with Crippen molar-refractivity contribution in [2.24, 2.45) is 0 Å². The molecule has 1 amide bonds. The molecular formula is C14H17NO3S. The summed E-state index contributed by atoms with van der Waals surface area (Å²) in [6.45, 7) is 0.571. The number of carboxylic acids is 1. The summed E-state index contributed by atoms with van der Waals surface area (Å²) in [5.74, 6) is 0.270. The van der Waals surface area contributed by atoms with E-state index in [1.54, 1.807) is 11.8 Å². The molecule has 1 atom stereocenters. The molecule has 2 rings (SSSR count). The van der Waals surface area contributed by atoms with E-state index < -0.39 is 12.0 Å². The second-order valence-corrected chi connectivity index (χ2v) is 5.58. The average molecular weight is 279 g/mol. The highest BCUT2D eigenvalue weighted by Gasteiger charge is 2.32. The topological polar surface area (TPSA) is 57.6 Å². The highest BCUT2D eigenvalue weighted by atomic mass is 32.2. The van der Waals surface area contributed by atoms with E-state index in [1.807, 2.05) is 30.3 Å². The molecular weight excluding hydrogens is 262 g/mol. The first kappa shape index (κ1) is 13.9. The first-order valence-electron chi connectivity index (χ1n) is 6.32. The summed E-state index contributed by atoms with van der Waals surface area (Å²) in [5, 5.41) is 9.24. The van der Waals surface area contributed by atoms with Crippen molar-refractivity contribution < 1.29 is 14.7 Å². The summed E-state index contributed by atoms with van der Waals surface area (Å²) in [4.78, 5) is 24.4. The summed E-state index contributed by atoms with van der Waals surface area (Å²) in [6.07, 6.45) is 1.25. The van der Waals surface area contributed by atoms with Crippen molar-refractivity contribution in [2.75, 3.05) is 12.3 Å². The predicted octanol–water partition coefficient (Wildman–Crippen LogP) is 2.00. The fraction of sp³-hybridized carbons (Fsp3) is 0.429. The second-order valence-electron chi connectivity index (χ2n) is 4.55. The molecule has 1 fully saturated rings. The number of carboxylic acid groups (broad SMARTS) is 1. The van der Waals surface area contributed by atoms with Crippen molar-refractivity contribution in [2.45, 2.75) is 24.6 Å². The Balaban J connectivity index is 1.87. The van der Waals surface area contributed by atoms with Crippen molar-refractivity contribution in [1.29, 1.82) is 0 Å². The summed E-state index contributed by atoms with van der Waals surface area (Å²) in [5.41, 5.74) is 1.17. The summed E-state index contributed by atoms with van der Waals surface area (Å²) < 4.78 is 0. The van der Waals surface area contributed by atoms with Gasteiger partial charge < -0.3 is 10.0 Å². The molecule has 0 aromatic heterocycles. The monoisotopic (exact) mass is 279 g/mol. The summed E-state index contributed by atoms with van der Waals surface area (Å²) in [7, 11) is 0. The van der Waals surface area contributed by atoms with Gasteiger partial charge in [-0.2, -0.15) is 11.8 Å². The van der Waals surface area contributed by atoms with Gasteiger partial charge in [-0.15, -0.1) is 0 Å². The maximum absolute atomic E-state index is 11.6. The van der Waals surface area contributed by atoms with E-state index in [2.05, 4.69) is 0 Å². The molecule has 0 radical (unpaired) electrons. The van der Waals surface area contributed by atoms with Crippen molar-refractivity contribution >= 4 is 23.6 Å². The Morgan fingerprint density at radius 1 is 1.37 bits per heavy atom. The van der Waals surface area contributed by atoms with Gasteiger partial charge in [-0.3, -0.25) is 4.79 Å². The van der Waals surface area contributed by atoms with Crippen LogP contribution in [0.2, 0.25) is 0 Å². The molecule has 0 aliphatic carbocycles. The lowest BCUT2D eigenvalue weighted by molar-refractivity contribution is -0.147. The first-order valence-corrected chi connectivity index (χ1v) is 7.48. The van der Waals surface area contributed by atoms with E-state index in [9.17, 15) is 14.7 Å². The maximum atomic E-state index is 11.6. The minimum absolute atomic E-state index is 0.0345. The number of rotatable bonds is 6. The lowest BCUT2D eigenvalue weighted by Crippen LogP contribution is -2.43. The molecule has 4 nitrogen and oxygen atoms in total. The Morgan fingerprint density at radius 2 is 2.11 bits per heavy atom. The lowest BCUT2D eigenvalue weighted by atomic mass is 10.2. The van der Waals surface area contributed by atoms with Crippen LogP contribution >= 0.6 is 11.8 Å². The minimum Gasteiger partial charge on any atom is -0.480 e. The molecule has 1 aromatic carbocycles. The number of hydrogen-bond donors (Lipinski definition) is 1. The van der Waals surface area contributed by atoms with Gasteiger partial charge >= 0.3 is 5.97 Å². The number of amides is 1. The van der Waals surface area contributed by atoms with Crippen molar-refractivity contribution in [3.63, 3.8) is 0 Å². The van der Waals surface area contributed by atoms with E-state index in [4.69, 9.17) is 0 Å². The standard InChI is InChI=1S/C14H17NO3S/c16-13-7-4-8-15(13)12(14(17)18)10-19-9-11-5-2-1-3-6-11/h1-3,5-6,12H,4,7-10H2,(H,17,18)/t12-/m0/s1. The zero-order chi connectivity index (χ0) is 13.7. The van der Waals surface area contributed by atoms with Gasteiger partial charge in [0.2, 0.25) is 5.91 Å². The third-order valence-electron chi connectivity index (χ3n) is 3.16. The fourth-order valence-electron chi connectivity index (χ4n) is 2.16. The zero-order valence-electron chi connectivity index (χ0n) is 10.6. The van der Waals surface area contributed by atoms with Crippen LogP contribution in [-0.4, -0.2) is 40.2 Å². The van der Waals surface area contributed by atoms with Crippen molar-refractivity contribution in [1.82, 2.24) is 4.90 Å². The molecule has 1 aliphatic rings. The third-order valence-corrected chi connectivity index (χ3v) is 4.25. The highest BCUT2D eigenvalue weighted by molar-refractivity contribution is 7.98. The van der Waals surface area contributed by atoms with Gasteiger partial charge in [-0.25, -0.2) is 4.79 Å². The fourth-order valence-corrected chi connectivity index (χ4v) is 3.25. The van der Waals surface area contributed by atoms with Gasteiger partial charge in [-0.05, 0) is 12.0 Å². The van der Waals surface area contributed by atoms with Crippen LogP contribution in [0.25, 0.3) is 0 Å². The molecule has 5 heteroatoms. The Kier molecular flexibility index (Phi) is 4.85. The predicted molar refractivity (Wildman–Crippen MR) is 75.0 cm³/mol. The zero-order valence-corrected chi connectivity index (χ0v) is 11.4. The number of aliphatic carboxylic acids is 1. The maximum Gasteiger partial charge on any atom is 0.327 e. The molecule has 1 heterocycles. The van der Waals surface area contributed by atoms with Crippen LogP contribution in [0.4, 0.5) is 0 Å². The number of carbonyl (C=O) groups excluding carboxylic acids is 1. The molecule has 0 saturated carbocycles. The molecule has 102 valence electrons. The minimum atomic E-state index is -0.907. The third kappa shape index (κ3) is 3.73. The van der Waals surface area contributed by atoms with Crippen LogP contribution in [0.15, 0.2) is 30.3 Å². The molecule has 1 N–H and O–H groups in total. The number of carbonyl (C=O) groups is 2. The van der Waals surface area contributed by atoms with Crippen LogP contribution in [0, 0.1) is 0 Å². The lowest BCUT2D eigenvalue weighted by Gasteiger charge is -2.23. The summed E-state index contributed by atoms with van der Waals surface area (Å²) >= 11 is 1.56. The van der Waals surface area contributed by atoms with E-state index in [1.165, 1.54) is 10.5 Å². The Morgan fingerprint density at radius 3 is 2.68 bits per heavy atom. The molecule has 19 heavy (non-hydrogen) atoms. The van der Waals surface area contributed by atoms with E-state index in [-0.39, 0.29) is 5.91 Å².